The van der Waals surface area contributed by atoms with E-state index >= 15 is 0 Å². The molecule has 1 unspecified atom stereocenters. The summed E-state index contributed by atoms with van der Waals surface area (Å²) in [5, 5.41) is 10.8. The van der Waals surface area contributed by atoms with Crippen LogP contribution in [0.2, 0.25) is 0 Å². The third kappa shape index (κ3) is 4.30. The molecule has 1 aromatic rings. The fraction of sp³-hybridized carbons (Fsp3) is 0.364. The first kappa shape index (κ1) is 15.0. The van der Waals surface area contributed by atoms with Crippen molar-refractivity contribution < 1.29 is 23.1 Å². The standard InChI is InChI=1S/C11H11BrF3NO2/c1-6-2-7(4-8(12)3-6)10(18)16-5-9(17)11(13,14)15/h2-4,9,17H,5H2,1H3,(H,16,18). The lowest BCUT2D eigenvalue weighted by molar-refractivity contribution is -0.201. The smallest absolute Gasteiger partial charge is 0.382 e. The number of hydrogen-bond donors (Lipinski definition) is 2. The van der Waals surface area contributed by atoms with E-state index in [4.69, 9.17) is 5.11 Å². The van der Waals surface area contributed by atoms with Gasteiger partial charge < -0.3 is 10.4 Å². The van der Waals surface area contributed by atoms with Crippen molar-refractivity contribution in [2.75, 3.05) is 6.54 Å². The molecule has 0 heterocycles. The lowest BCUT2D eigenvalue weighted by Crippen LogP contribution is -2.40. The predicted molar refractivity (Wildman–Crippen MR) is 63.3 cm³/mol. The van der Waals surface area contributed by atoms with Crippen LogP contribution in [0.1, 0.15) is 15.9 Å². The van der Waals surface area contributed by atoms with Gasteiger partial charge in [-0.05, 0) is 30.7 Å². The second kappa shape index (κ2) is 5.71. The zero-order valence-corrected chi connectivity index (χ0v) is 11.0. The molecule has 18 heavy (non-hydrogen) atoms. The monoisotopic (exact) mass is 325 g/mol. The van der Waals surface area contributed by atoms with E-state index < -0.39 is 24.7 Å². The largest absolute Gasteiger partial charge is 0.416 e. The first-order valence-electron chi connectivity index (χ1n) is 5.00. The fourth-order valence-electron chi connectivity index (χ4n) is 1.27. The quantitative estimate of drug-likeness (QED) is 0.896. The van der Waals surface area contributed by atoms with E-state index in [0.29, 0.717) is 4.47 Å². The van der Waals surface area contributed by atoms with E-state index in [1.165, 1.54) is 6.07 Å². The van der Waals surface area contributed by atoms with Crippen LogP contribution in [0, 0.1) is 6.92 Å². The van der Waals surface area contributed by atoms with Crippen LogP contribution in [0.25, 0.3) is 0 Å². The van der Waals surface area contributed by atoms with Crippen molar-refractivity contribution in [3.8, 4) is 0 Å². The number of halogens is 4. The van der Waals surface area contributed by atoms with Crippen LogP contribution >= 0.6 is 15.9 Å². The van der Waals surface area contributed by atoms with E-state index in [9.17, 15) is 18.0 Å². The molecule has 1 atom stereocenters. The normalized spacial score (nSPS) is 13.2. The Kier molecular flexibility index (Phi) is 4.75. The Morgan fingerprint density at radius 3 is 2.56 bits per heavy atom. The first-order valence-corrected chi connectivity index (χ1v) is 5.79. The van der Waals surface area contributed by atoms with Gasteiger partial charge in [-0.2, -0.15) is 13.2 Å². The van der Waals surface area contributed by atoms with Gasteiger partial charge in [-0.3, -0.25) is 4.79 Å². The minimum Gasteiger partial charge on any atom is -0.382 e. The van der Waals surface area contributed by atoms with Gasteiger partial charge in [0, 0.05) is 10.0 Å². The number of carbonyl (C=O) groups is 1. The summed E-state index contributed by atoms with van der Waals surface area (Å²) >= 11 is 3.18. The van der Waals surface area contributed by atoms with Crippen molar-refractivity contribution in [1.82, 2.24) is 5.32 Å². The van der Waals surface area contributed by atoms with Gasteiger partial charge in [0.1, 0.15) is 0 Å². The van der Waals surface area contributed by atoms with Crippen LogP contribution < -0.4 is 5.32 Å². The Hall–Kier alpha value is -1.08. The van der Waals surface area contributed by atoms with Crippen molar-refractivity contribution in [3.63, 3.8) is 0 Å². The maximum absolute atomic E-state index is 12.0. The predicted octanol–water partition coefficient (Wildman–Crippen LogP) is 2.41. The summed E-state index contributed by atoms with van der Waals surface area (Å²) < 4.78 is 36.7. The van der Waals surface area contributed by atoms with Gasteiger partial charge in [0.05, 0.1) is 6.54 Å². The lowest BCUT2D eigenvalue weighted by Gasteiger charge is -2.15. The summed E-state index contributed by atoms with van der Waals surface area (Å²) in [4.78, 5) is 11.6. The van der Waals surface area contributed by atoms with Crippen molar-refractivity contribution in [2.24, 2.45) is 0 Å². The molecule has 3 nitrogen and oxygen atoms in total. The number of benzene rings is 1. The van der Waals surface area contributed by atoms with E-state index in [1.54, 1.807) is 19.1 Å². The number of hydrogen-bond acceptors (Lipinski definition) is 2. The maximum atomic E-state index is 12.0. The molecule has 0 radical (unpaired) electrons. The molecule has 0 bridgehead atoms. The minimum absolute atomic E-state index is 0.233. The van der Waals surface area contributed by atoms with Crippen molar-refractivity contribution in [2.45, 2.75) is 19.2 Å². The summed E-state index contributed by atoms with van der Waals surface area (Å²) in [6.07, 6.45) is -7.30. The molecular weight excluding hydrogens is 315 g/mol. The molecule has 0 aliphatic carbocycles. The van der Waals surface area contributed by atoms with Crippen LogP contribution in [0.4, 0.5) is 13.2 Å². The summed E-state index contributed by atoms with van der Waals surface area (Å²) in [6, 6.07) is 4.80. The summed E-state index contributed by atoms with van der Waals surface area (Å²) in [7, 11) is 0. The highest BCUT2D eigenvalue weighted by molar-refractivity contribution is 9.10. The molecule has 0 aromatic heterocycles. The van der Waals surface area contributed by atoms with Gasteiger partial charge in [-0.15, -0.1) is 0 Å². The second-order valence-corrected chi connectivity index (χ2v) is 4.70. The number of aliphatic hydroxyl groups excluding tert-OH is 1. The minimum atomic E-state index is -4.74. The summed E-state index contributed by atoms with van der Waals surface area (Å²) in [5.74, 6) is -0.664. The topological polar surface area (TPSA) is 49.3 Å². The Labute approximate surface area is 110 Å². The number of amides is 1. The zero-order chi connectivity index (χ0) is 13.9. The molecule has 0 fully saturated rings. The number of rotatable bonds is 3. The van der Waals surface area contributed by atoms with Crippen molar-refractivity contribution in [1.29, 1.82) is 0 Å². The van der Waals surface area contributed by atoms with E-state index in [0.717, 1.165) is 5.56 Å². The van der Waals surface area contributed by atoms with Crippen LogP contribution in [0.5, 0.6) is 0 Å². The zero-order valence-electron chi connectivity index (χ0n) is 9.38. The molecule has 0 aliphatic rings. The highest BCUT2D eigenvalue weighted by Gasteiger charge is 2.38. The molecule has 0 aliphatic heterocycles. The van der Waals surface area contributed by atoms with Crippen LogP contribution in [-0.4, -0.2) is 29.8 Å². The van der Waals surface area contributed by atoms with Gasteiger partial charge in [-0.25, -0.2) is 0 Å². The summed E-state index contributed by atoms with van der Waals surface area (Å²) in [5.41, 5.74) is 1.03. The third-order valence-corrected chi connectivity index (χ3v) is 2.60. The molecule has 0 spiro atoms. The van der Waals surface area contributed by atoms with E-state index in [2.05, 4.69) is 15.9 Å². The van der Waals surface area contributed by atoms with Crippen LogP contribution in [-0.2, 0) is 0 Å². The van der Waals surface area contributed by atoms with Gasteiger partial charge in [0.15, 0.2) is 6.10 Å². The molecule has 0 saturated carbocycles. The van der Waals surface area contributed by atoms with Gasteiger partial charge in [-0.1, -0.05) is 15.9 Å². The molecule has 1 amide bonds. The van der Waals surface area contributed by atoms with Crippen molar-refractivity contribution in [3.05, 3.63) is 33.8 Å². The van der Waals surface area contributed by atoms with E-state index in [1.807, 2.05) is 5.32 Å². The van der Waals surface area contributed by atoms with Crippen molar-refractivity contribution >= 4 is 21.8 Å². The number of aryl methyl sites for hydroxylation is 1. The Bertz CT molecular complexity index is 428. The highest BCUT2D eigenvalue weighted by Crippen LogP contribution is 2.19. The Morgan fingerprint density at radius 1 is 1.44 bits per heavy atom. The van der Waals surface area contributed by atoms with Gasteiger partial charge in [0.25, 0.3) is 5.91 Å². The fourth-order valence-corrected chi connectivity index (χ4v) is 1.88. The number of carbonyl (C=O) groups excluding carboxylic acids is 1. The SMILES string of the molecule is Cc1cc(Br)cc(C(=O)NCC(O)C(F)(F)F)c1. The second-order valence-electron chi connectivity index (χ2n) is 3.78. The Balaban J connectivity index is 2.66. The number of alkyl halides is 3. The molecule has 100 valence electrons. The van der Waals surface area contributed by atoms with Gasteiger partial charge >= 0.3 is 6.18 Å². The first-order chi connectivity index (χ1) is 8.20. The highest BCUT2D eigenvalue weighted by atomic mass is 79.9. The number of nitrogens with one attached hydrogen (secondary N) is 1. The van der Waals surface area contributed by atoms with Crippen LogP contribution in [0.15, 0.2) is 22.7 Å². The average Bonchev–Trinajstić information content (AvgIpc) is 2.22. The van der Waals surface area contributed by atoms with Crippen LogP contribution in [0.3, 0.4) is 0 Å². The molecule has 1 aromatic carbocycles. The Morgan fingerprint density at radius 2 is 2.06 bits per heavy atom. The average molecular weight is 326 g/mol. The molecule has 2 N–H and O–H groups in total. The molecule has 1 rings (SSSR count). The molecule has 7 heteroatoms. The maximum Gasteiger partial charge on any atom is 0.416 e. The third-order valence-electron chi connectivity index (χ3n) is 2.14. The summed E-state index contributed by atoms with van der Waals surface area (Å²) in [6.45, 7) is 0.889. The van der Waals surface area contributed by atoms with Gasteiger partial charge in [0.2, 0.25) is 0 Å². The lowest BCUT2D eigenvalue weighted by atomic mass is 10.1. The number of aliphatic hydroxyl groups is 1. The molecular formula is C11H11BrF3NO2. The molecule has 0 saturated heterocycles. The van der Waals surface area contributed by atoms with E-state index in [-0.39, 0.29) is 5.56 Å².